The molecule has 0 spiro atoms. The van der Waals surface area contributed by atoms with Crippen molar-refractivity contribution in [3.63, 3.8) is 0 Å². The Labute approximate surface area is 212 Å². The van der Waals surface area contributed by atoms with Crippen molar-refractivity contribution in [2.75, 3.05) is 13.1 Å². The van der Waals surface area contributed by atoms with E-state index in [1.54, 1.807) is 48.5 Å². The maximum absolute atomic E-state index is 13.1. The van der Waals surface area contributed by atoms with E-state index in [0.717, 1.165) is 21.5 Å². The van der Waals surface area contributed by atoms with Gasteiger partial charge in [0.2, 0.25) is 21.8 Å². The molecular weight excluding hydrogens is 508 g/mol. The van der Waals surface area contributed by atoms with Gasteiger partial charge in [-0.3, -0.25) is 24.7 Å². The Balaban J connectivity index is 0.000000840. The summed E-state index contributed by atoms with van der Waals surface area (Å²) in [6.45, 7) is 0.168. The lowest BCUT2D eigenvalue weighted by Gasteiger charge is -2.32. The number of fused-ring (bicyclic) bond motifs is 1. The molecule has 12 heteroatoms. The third-order valence-corrected chi connectivity index (χ3v) is 7.24. The number of benzene rings is 3. The number of hydrogen-bond acceptors (Lipinski definition) is 6. The smallest absolute Gasteiger partial charge is 0.300 e. The minimum atomic E-state index is -4.06. The molecule has 0 aliphatic carbocycles. The van der Waals surface area contributed by atoms with Gasteiger partial charge in [0, 0.05) is 17.5 Å². The number of carboxylic acids is 1. The predicted molar refractivity (Wildman–Crippen MR) is 134 cm³/mol. The highest BCUT2D eigenvalue weighted by atomic mass is 35.5. The number of carbonyl (C=O) groups excluding carboxylic acids is 2. The minimum absolute atomic E-state index is 0.00414. The molecule has 36 heavy (non-hydrogen) atoms. The molecule has 0 radical (unpaired) electrons. The first kappa shape index (κ1) is 26.8. The van der Waals surface area contributed by atoms with E-state index in [4.69, 9.17) is 32.6 Å². The van der Waals surface area contributed by atoms with Crippen LogP contribution in [0.4, 0.5) is 0 Å². The number of nitrogens with two attached hydrogens (primary N) is 1. The van der Waals surface area contributed by atoms with Gasteiger partial charge in [0.1, 0.15) is 5.84 Å². The number of hydrogen-bond donors (Lipinski definition) is 3. The Kier molecular flexibility index (Phi) is 8.08. The standard InChI is InChI=1S/C22H19ClN4O4S.C2H4O2/c23-18-6-4-16-10-19(7-5-15(16)9-18)32(30,31)26-12-20(28)27(21(29)13-26)11-14-2-1-3-17(8-14)22(24)25;1-2(3)4/h1-10H,11-13H2,(H3,24,25);1H3,(H,3,4). The number of rotatable bonds is 5. The van der Waals surface area contributed by atoms with E-state index in [9.17, 15) is 18.0 Å². The van der Waals surface area contributed by atoms with Crippen LogP contribution in [0.25, 0.3) is 10.8 Å². The van der Waals surface area contributed by atoms with E-state index < -0.39 is 40.9 Å². The summed E-state index contributed by atoms with van der Waals surface area (Å²) in [5.74, 6) is -2.20. The summed E-state index contributed by atoms with van der Waals surface area (Å²) in [7, 11) is -4.06. The molecule has 3 aromatic rings. The number of carbonyl (C=O) groups is 3. The Morgan fingerprint density at radius 1 is 1.03 bits per heavy atom. The number of amidine groups is 1. The van der Waals surface area contributed by atoms with Crippen LogP contribution in [-0.4, -0.2) is 59.4 Å². The monoisotopic (exact) mass is 530 g/mol. The van der Waals surface area contributed by atoms with E-state index in [-0.39, 0.29) is 17.3 Å². The second kappa shape index (κ2) is 10.9. The van der Waals surface area contributed by atoms with Crippen LogP contribution in [0.2, 0.25) is 5.02 Å². The number of piperazine rings is 1. The Bertz CT molecular complexity index is 1450. The van der Waals surface area contributed by atoms with Gasteiger partial charge >= 0.3 is 0 Å². The van der Waals surface area contributed by atoms with E-state index in [1.807, 2.05) is 0 Å². The number of amides is 2. The highest BCUT2D eigenvalue weighted by Crippen LogP contribution is 2.25. The van der Waals surface area contributed by atoms with Crippen molar-refractivity contribution >= 4 is 56.0 Å². The lowest BCUT2D eigenvalue weighted by Crippen LogP contribution is -2.55. The molecule has 2 amide bonds. The Morgan fingerprint density at radius 2 is 1.61 bits per heavy atom. The Morgan fingerprint density at radius 3 is 2.22 bits per heavy atom. The van der Waals surface area contributed by atoms with Gasteiger partial charge < -0.3 is 10.8 Å². The normalized spacial score (nSPS) is 14.3. The lowest BCUT2D eigenvalue weighted by atomic mass is 10.1. The fourth-order valence-corrected chi connectivity index (χ4v) is 5.09. The molecule has 1 aliphatic rings. The zero-order valence-electron chi connectivity index (χ0n) is 19.1. The number of imide groups is 1. The lowest BCUT2D eigenvalue weighted by molar-refractivity contribution is -0.149. The van der Waals surface area contributed by atoms with Crippen LogP contribution < -0.4 is 5.73 Å². The van der Waals surface area contributed by atoms with Gasteiger partial charge in [0.05, 0.1) is 24.5 Å². The SMILES string of the molecule is CC(=O)O.N=C(N)c1cccc(CN2C(=O)CN(S(=O)(=O)c3ccc4cc(Cl)ccc4c3)CC2=O)c1. The third-order valence-electron chi connectivity index (χ3n) is 5.22. The van der Waals surface area contributed by atoms with Crippen LogP contribution in [-0.2, 0) is 31.0 Å². The molecule has 1 aliphatic heterocycles. The van der Waals surface area contributed by atoms with Gasteiger partial charge in [0.15, 0.2) is 0 Å². The second-order valence-corrected chi connectivity index (χ2v) is 10.3. The van der Waals surface area contributed by atoms with Gasteiger partial charge in [-0.15, -0.1) is 0 Å². The summed E-state index contributed by atoms with van der Waals surface area (Å²) in [5, 5.41) is 16.9. The predicted octanol–water partition coefficient (Wildman–Crippen LogP) is 2.43. The highest BCUT2D eigenvalue weighted by Gasteiger charge is 2.37. The van der Waals surface area contributed by atoms with Gasteiger partial charge in [0.25, 0.3) is 5.97 Å². The van der Waals surface area contributed by atoms with E-state index in [0.29, 0.717) is 21.5 Å². The van der Waals surface area contributed by atoms with Crippen molar-refractivity contribution in [2.24, 2.45) is 5.73 Å². The average Bonchev–Trinajstić information content (AvgIpc) is 2.80. The molecule has 0 unspecified atom stereocenters. The number of nitrogen functional groups attached to an aromatic ring is 1. The molecule has 0 aromatic heterocycles. The maximum Gasteiger partial charge on any atom is 0.300 e. The van der Waals surface area contributed by atoms with Crippen molar-refractivity contribution < 1.29 is 27.9 Å². The molecule has 1 saturated heterocycles. The minimum Gasteiger partial charge on any atom is -0.481 e. The Hall–Kier alpha value is -3.80. The zero-order chi connectivity index (χ0) is 26.6. The molecule has 4 rings (SSSR count). The zero-order valence-corrected chi connectivity index (χ0v) is 20.7. The molecule has 188 valence electrons. The number of sulfonamides is 1. The molecule has 1 fully saturated rings. The fraction of sp³-hybridized carbons (Fsp3) is 0.167. The number of nitrogens with one attached hydrogen (secondary N) is 1. The first-order valence-corrected chi connectivity index (χ1v) is 12.4. The topological polar surface area (TPSA) is 162 Å². The van der Waals surface area contributed by atoms with E-state index in [1.165, 1.54) is 12.1 Å². The van der Waals surface area contributed by atoms with Crippen LogP contribution in [0.15, 0.2) is 65.6 Å². The van der Waals surface area contributed by atoms with E-state index >= 15 is 0 Å². The van der Waals surface area contributed by atoms with Crippen LogP contribution in [0.1, 0.15) is 18.1 Å². The number of carboxylic acid groups (broad SMARTS) is 1. The molecule has 0 atom stereocenters. The molecule has 0 saturated carbocycles. The largest absolute Gasteiger partial charge is 0.481 e. The highest BCUT2D eigenvalue weighted by molar-refractivity contribution is 7.89. The van der Waals surface area contributed by atoms with Crippen molar-refractivity contribution in [1.29, 1.82) is 5.41 Å². The average molecular weight is 531 g/mol. The molecule has 0 bridgehead atoms. The second-order valence-electron chi connectivity index (χ2n) is 7.93. The number of aliphatic carboxylic acids is 1. The van der Waals surface area contributed by atoms with Crippen molar-refractivity contribution in [1.82, 2.24) is 9.21 Å². The summed E-state index contributed by atoms with van der Waals surface area (Å²) in [6, 6.07) is 16.3. The van der Waals surface area contributed by atoms with Gasteiger partial charge in [-0.1, -0.05) is 41.9 Å². The molecule has 4 N–H and O–H groups in total. The molecular formula is C24H23ClN4O6S. The summed E-state index contributed by atoms with van der Waals surface area (Å²) >= 11 is 5.98. The van der Waals surface area contributed by atoms with Gasteiger partial charge in [-0.2, -0.15) is 4.31 Å². The molecule has 1 heterocycles. The van der Waals surface area contributed by atoms with Crippen LogP contribution in [0.3, 0.4) is 0 Å². The fourth-order valence-electron chi connectivity index (χ4n) is 3.54. The quantitative estimate of drug-likeness (QED) is 0.259. The van der Waals surface area contributed by atoms with E-state index in [2.05, 4.69) is 0 Å². The number of nitrogens with zero attached hydrogens (tertiary/aromatic N) is 2. The number of halogens is 1. The third kappa shape index (κ3) is 6.25. The first-order chi connectivity index (χ1) is 16.9. The van der Waals surface area contributed by atoms with Gasteiger partial charge in [-0.05, 0) is 46.7 Å². The summed E-state index contributed by atoms with van der Waals surface area (Å²) in [5.41, 5.74) is 6.58. The van der Waals surface area contributed by atoms with Gasteiger partial charge in [-0.25, -0.2) is 8.42 Å². The van der Waals surface area contributed by atoms with Crippen molar-refractivity contribution in [3.8, 4) is 0 Å². The van der Waals surface area contributed by atoms with Crippen LogP contribution in [0.5, 0.6) is 0 Å². The molecule has 10 nitrogen and oxygen atoms in total. The summed E-state index contributed by atoms with van der Waals surface area (Å²) in [4.78, 5) is 35.4. The van der Waals surface area contributed by atoms with Crippen molar-refractivity contribution in [3.05, 3.63) is 76.8 Å². The maximum atomic E-state index is 13.1. The summed E-state index contributed by atoms with van der Waals surface area (Å²) < 4.78 is 27.1. The summed E-state index contributed by atoms with van der Waals surface area (Å²) in [6.07, 6.45) is 0. The van der Waals surface area contributed by atoms with Crippen molar-refractivity contribution in [2.45, 2.75) is 18.4 Å². The first-order valence-electron chi connectivity index (χ1n) is 10.5. The van der Waals surface area contributed by atoms with Crippen LogP contribution >= 0.6 is 11.6 Å². The van der Waals surface area contributed by atoms with Crippen LogP contribution in [0, 0.1) is 5.41 Å². The molecule has 3 aromatic carbocycles.